The van der Waals surface area contributed by atoms with Gasteiger partial charge in [0.25, 0.3) is 0 Å². The van der Waals surface area contributed by atoms with Crippen LogP contribution in [0.15, 0.2) is 24.4 Å². The molecule has 1 saturated carbocycles. The van der Waals surface area contributed by atoms with Crippen LogP contribution in [0, 0.1) is 18.3 Å². The smallest absolute Gasteiger partial charge is 0.0486 e. The van der Waals surface area contributed by atoms with Crippen molar-refractivity contribution in [2.75, 3.05) is 0 Å². The summed E-state index contributed by atoms with van der Waals surface area (Å²) < 4.78 is 0. The molecule has 0 spiro atoms. The summed E-state index contributed by atoms with van der Waals surface area (Å²) in [4.78, 5) is 3.50. The van der Waals surface area contributed by atoms with Crippen LogP contribution in [-0.4, -0.2) is 4.98 Å². The minimum Gasteiger partial charge on any atom is -0.361 e. The number of rotatable bonds is 1. The van der Waals surface area contributed by atoms with Gasteiger partial charge >= 0.3 is 0 Å². The van der Waals surface area contributed by atoms with Crippen LogP contribution in [0.4, 0.5) is 0 Å². The lowest BCUT2D eigenvalue weighted by atomic mass is 9.66. The summed E-state index contributed by atoms with van der Waals surface area (Å²) in [6.07, 6.45) is 6.28. The Hall–Kier alpha value is -1.24. The van der Waals surface area contributed by atoms with Crippen LogP contribution in [-0.2, 0) is 0 Å². The lowest BCUT2D eigenvalue weighted by molar-refractivity contribution is 0.169. The molecule has 19 heavy (non-hydrogen) atoms. The number of hydrogen-bond donors (Lipinski definition) is 1. The average Bonchev–Trinajstić information content (AvgIpc) is 2.71. The summed E-state index contributed by atoms with van der Waals surface area (Å²) in [5.74, 6) is 1.55. The highest BCUT2D eigenvalue weighted by molar-refractivity contribution is 5.86. The van der Waals surface area contributed by atoms with Crippen molar-refractivity contribution in [3.63, 3.8) is 0 Å². The van der Waals surface area contributed by atoms with Gasteiger partial charge in [0.15, 0.2) is 0 Å². The first kappa shape index (κ1) is 12.8. The summed E-state index contributed by atoms with van der Waals surface area (Å²) in [5, 5.41) is 1.44. The highest BCUT2D eigenvalue weighted by Gasteiger charge is 2.33. The van der Waals surface area contributed by atoms with Gasteiger partial charge in [-0.2, -0.15) is 0 Å². The van der Waals surface area contributed by atoms with Crippen LogP contribution in [0.2, 0.25) is 0 Å². The maximum Gasteiger partial charge on any atom is 0.0486 e. The molecule has 0 radical (unpaired) electrons. The van der Waals surface area contributed by atoms with E-state index in [1.807, 2.05) is 0 Å². The number of aromatic nitrogens is 1. The van der Waals surface area contributed by atoms with E-state index in [4.69, 9.17) is 0 Å². The quantitative estimate of drug-likeness (QED) is 0.701. The molecule has 1 heterocycles. The van der Waals surface area contributed by atoms with E-state index in [1.54, 1.807) is 5.56 Å². The normalized spacial score (nSPS) is 26.7. The van der Waals surface area contributed by atoms with Gasteiger partial charge in [-0.15, -0.1) is 0 Å². The first-order chi connectivity index (χ1) is 8.96. The zero-order chi connectivity index (χ0) is 13.6. The Balaban J connectivity index is 2.02. The number of benzene rings is 1. The number of fused-ring (bicyclic) bond motifs is 1. The molecule has 0 bridgehead atoms. The van der Waals surface area contributed by atoms with Gasteiger partial charge < -0.3 is 4.98 Å². The molecule has 1 aliphatic carbocycles. The Morgan fingerprint density at radius 1 is 1.21 bits per heavy atom. The van der Waals surface area contributed by atoms with Crippen molar-refractivity contribution in [3.05, 3.63) is 35.5 Å². The van der Waals surface area contributed by atoms with Crippen molar-refractivity contribution in [2.45, 2.75) is 52.9 Å². The highest BCUT2D eigenvalue weighted by Crippen LogP contribution is 2.47. The van der Waals surface area contributed by atoms with Crippen LogP contribution in [0.25, 0.3) is 10.9 Å². The van der Waals surface area contributed by atoms with E-state index in [1.165, 1.54) is 35.7 Å². The minimum atomic E-state index is 0.482. The first-order valence-corrected chi connectivity index (χ1v) is 7.53. The molecular formula is C18H25N. The lowest BCUT2D eigenvalue weighted by Gasteiger charge is -2.39. The third kappa shape index (κ3) is 2.31. The Morgan fingerprint density at radius 3 is 2.74 bits per heavy atom. The topological polar surface area (TPSA) is 15.8 Å². The molecule has 3 rings (SSSR count). The van der Waals surface area contributed by atoms with E-state index in [9.17, 15) is 0 Å². The zero-order valence-electron chi connectivity index (χ0n) is 12.6. The highest BCUT2D eigenvalue weighted by atomic mass is 14.7. The van der Waals surface area contributed by atoms with Crippen molar-refractivity contribution >= 4 is 10.9 Å². The molecule has 2 unspecified atom stereocenters. The summed E-state index contributed by atoms with van der Waals surface area (Å²) in [6.45, 7) is 9.45. The number of para-hydroxylation sites is 1. The fourth-order valence-corrected chi connectivity index (χ4v) is 4.25. The predicted molar refractivity (Wildman–Crippen MR) is 82.6 cm³/mol. The summed E-state index contributed by atoms with van der Waals surface area (Å²) in [6, 6.07) is 6.66. The summed E-state index contributed by atoms with van der Waals surface area (Å²) in [5.41, 5.74) is 4.70. The fraction of sp³-hybridized carbons (Fsp3) is 0.556. The van der Waals surface area contributed by atoms with Gasteiger partial charge in [-0.05, 0) is 54.6 Å². The number of nitrogens with one attached hydrogen (secondary N) is 1. The van der Waals surface area contributed by atoms with E-state index in [0.29, 0.717) is 11.3 Å². The molecule has 1 aromatic heterocycles. The van der Waals surface area contributed by atoms with E-state index in [-0.39, 0.29) is 0 Å². The largest absolute Gasteiger partial charge is 0.361 e. The maximum atomic E-state index is 3.50. The second-order valence-electron chi connectivity index (χ2n) is 7.35. The van der Waals surface area contributed by atoms with Gasteiger partial charge in [0.05, 0.1) is 0 Å². The van der Waals surface area contributed by atoms with Crippen molar-refractivity contribution in [2.24, 2.45) is 11.3 Å². The van der Waals surface area contributed by atoms with Crippen molar-refractivity contribution in [1.82, 2.24) is 4.98 Å². The van der Waals surface area contributed by atoms with Gasteiger partial charge in [-0.25, -0.2) is 0 Å². The molecule has 1 nitrogen and oxygen atoms in total. The number of H-pyrrole nitrogens is 1. The van der Waals surface area contributed by atoms with Crippen LogP contribution in [0.1, 0.15) is 57.1 Å². The standard InChI is InChI=1S/C18H25N/c1-12-8-14(10-18(3,4)9-12)16-11-19-17-13(2)6-5-7-15(16)17/h5-7,11-12,14,19H,8-10H2,1-4H3. The second-order valence-corrected chi connectivity index (χ2v) is 7.35. The van der Waals surface area contributed by atoms with Gasteiger partial charge in [0.2, 0.25) is 0 Å². The summed E-state index contributed by atoms with van der Waals surface area (Å²) >= 11 is 0. The predicted octanol–water partition coefficient (Wildman–Crippen LogP) is 5.41. The van der Waals surface area contributed by atoms with Crippen molar-refractivity contribution < 1.29 is 0 Å². The van der Waals surface area contributed by atoms with Gasteiger partial charge in [0.1, 0.15) is 0 Å². The Labute approximate surface area is 116 Å². The lowest BCUT2D eigenvalue weighted by Crippen LogP contribution is -2.26. The molecule has 2 aromatic rings. The number of hydrogen-bond acceptors (Lipinski definition) is 0. The molecule has 1 N–H and O–H groups in total. The molecule has 0 saturated heterocycles. The third-order valence-corrected chi connectivity index (χ3v) is 4.78. The molecule has 1 aliphatic rings. The fourth-order valence-electron chi connectivity index (χ4n) is 4.25. The van der Waals surface area contributed by atoms with Crippen LogP contribution in [0.3, 0.4) is 0 Å². The molecule has 0 aliphatic heterocycles. The van der Waals surface area contributed by atoms with E-state index in [0.717, 1.165) is 5.92 Å². The number of aromatic amines is 1. The number of aryl methyl sites for hydroxylation is 1. The van der Waals surface area contributed by atoms with E-state index >= 15 is 0 Å². The van der Waals surface area contributed by atoms with Gasteiger partial charge in [-0.3, -0.25) is 0 Å². The monoisotopic (exact) mass is 255 g/mol. The van der Waals surface area contributed by atoms with Crippen LogP contribution in [0.5, 0.6) is 0 Å². The van der Waals surface area contributed by atoms with Crippen LogP contribution < -0.4 is 0 Å². The van der Waals surface area contributed by atoms with Gasteiger partial charge in [-0.1, -0.05) is 39.0 Å². The second kappa shape index (κ2) is 4.40. The first-order valence-electron chi connectivity index (χ1n) is 7.53. The summed E-state index contributed by atoms with van der Waals surface area (Å²) in [7, 11) is 0. The molecule has 102 valence electrons. The minimum absolute atomic E-state index is 0.482. The molecular weight excluding hydrogens is 230 g/mol. The van der Waals surface area contributed by atoms with E-state index in [2.05, 4.69) is 57.1 Å². The molecule has 1 aromatic carbocycles. The Bertz CT molecular complexity index is 591. The zero-order valence-corrected chi connectivity index (χ0v) is 12.6. The SMILES string of the molecule is Cc1cccc2c(C3CC(C)CC(C)(C)C3)c[nH]c12. The third-order valence-electron chi connectivity index (χ3n) is 4.78. The molecule has 2 atom stereocenters. The molecule has 0 amide bonds. The average molecular weight is 255 g/mol. The molecule has 1 fully saturated rings. The Morgan fingerprint density at radius 2 is 2.00 bits per heavy atom. The van der Waals surface area contributed by atoms with Crippen molar-refractivity contribution in [3.8, 4) is 0 Å². The maximum absolute atomic E-state index is 3.50. The molecule has 1 heteroatoms. The van der Waals surface area contributed by atoms with Crippen molar-refractivity contribution in [1.29, 1.82) is 0 Å². The Kier molecular flexibility index (Phi) is 2.96. The van der Waals surface area contributed by atoms with Gasteiger partial charge in [0, 0.05) is 17.1 Å². The van der Waals surface area contributed by atoms with Crippen LogP contribution >= 0.6 is 0 Å². The van der Waals surface area contributed by atoms with E-state index < -0.39 is 0 Å².